The Morgan fingerprint density at radius 1 is 1.05 bits per heavy atom. The molecular formula is C33H47N3O5. The highest BCUT2D eigenvalue weighted by Crippen LogP contribution is 2.64. The third-order valence-corrected chi connectivity index (χ3v) is 9.25. The third kappa shape index (κ3) is 5.37. The number of aliphatic hydroxyl groups excluding tert-OH is 1. The van der Waals surface area contributed by atoms with Crippen molar-refractivity contribution in [1.82, 2.24) is 14.7 Å². The van der Waals surface area contributed by atoms with Gasteiger partial charge in [-0.15, -0.1) is 13.2 Å². The quantitative estimate of drug-likeness (QED) is 0.255. The van der Waals surface area contributed by atoms with E-state index in [0.29, 0.717) is 39.0 Å². The molecule has 6 atom stereocenters. The highest BCUT2D eigenvalue weighted by atomic mass is 16.5. The van der Waals surface area contributed by atoms with E-state index in [0.717, 1.165) is 31.2 Å². The Morgan fingerprint density at radius 3 is 2.29 bits per heavy atom. The fourth-order valence-electron chi connectivity index (χ4n) is 7.47. The van der Waals surface area contributed by atoms with Gasteiger partial charge in [0.1, 0.15) is 11.6 Å². The van der Waals surface area contributed by atoms with Crippen LogP contribution in [0.4, 0.5) is 0 Å². The van der Waals surface area contributed by atoms with Gasteiger partial charge in [-0.3, -0.25) is 14.4 Å². The van der Waals surface area contributed by atoms with Crippen molar-refractivity contribution in [1.29, 1.82) is 0 Å². The first-order valence-corrected chi connectivity index (χ1v) is 15.2. The number of unbranched alkanes of at least 4 members (excludes halogenated alkanes) is 2. The lowest BCUT2D eigenvalue weighted by Gasteiger charge is -2.39. The Hall–Kier alpha value is -2.97. The van der Waals surface area contributed by atoms with Crippen LogP contribution in [-0.2, 0) is 19.1 Å². The van der Waals surface area contributed by atoms with Gasteiger partial charge >= 0.3 is 0 Å². The second-order valence-corrected chi connectivity index (χ2v) is 11.9. The smallest absolute Gasteiger partial charge is 0.248 e. The SMILES string of the molecule is C=CCN(CCCCC)C(=O)C1N([C@H](CO)c2ccccc2)C(=O)[C@@H]2[C@@H](C(=O)N(CC=C)CCC)[C@@]3(C)CCC12O3. The summed E-state index contributed by atoms with van der Waals surface area (Å²) in [6.45, 7) is 15.2. The van der Waals surface area contributed by atoms with Crippen LogP contribution in [0.3, 0.4) is 0 Å². The van der Waals surface area contributed by atoms with Crippen molar-refractivity contribution >= 4 is 17.7 Å². The summed E-state index contributed by atoms with van der Waals surface area (Å²) in [5.74, 6) is -2.17. The van der Waals surface area contributed by atoms with Gasteiger partial charge in [0.25, 0.3) is 0 Å². The van der Waals surface area contributed by atoms with Gasteiger partial charge < -0.3 is 24.5 Å². The molecule has 3 heterocycles. The standard InChI is InChI=1S/C33H47N3O5/c1-6-10-14-22-35(21-9-4)31(40)28-33-18-17-32(5,41-33)26(29(38)34(19-7-2)20-8-3)27(33)30(39)36(28)25(23-37)24-15-12-11-13-16-24/h7,9,11-13,15-16,25-28,37H,2,4,6,8,10,14,17-23H2,1,3,5H3/t25-,26+,27+,28?,32-,33?/m1/s1. The second-order valence-electron chi connectivity index (χ2n) is 11.9. The molecule has 8 heteroatoms. The molecule has 0 saturated carbocycles. The van der Waals surface area contributed by atoms with Crippen LogP contribution >= 0.6 is 0 Å². The number of fused-ring (bicyclic) bond motifs is 1. The largest absolute Gasteiger partial charge is 0.394 e. The summed E-state index contributed by atoms with van der Waals surface area (Å²) < 4.78 is 6.84. The Balaban J connectivity index is 1.83. The number of carbonyl (C=O) groups excluding carboxylic acids is 3. The van der Waals surface area contributed by atoms with Crippen LogP contribution in [0.25, 0.3) is 0 Å². The summed E-state index contributed by atoms with van der Waals surface area (Å²) in [5.41, 5.74) is -1.27. The number of likely N-dealkylation sites (tertiary alicyclic amines) is 1. The number of aliphatic hydroxyl groups is 1. The van der Waals surface area contributed by atoms with E-state index >= 15 is 0 Å². The molecule has 41 heavy (non-hydrogen) atoms. The van der Waals surface area contributed by atoms with Gasteiger partial charge in [0.2, 0.25) is 17.7 Å². The predicted octanol–water partition coefficient (Wildman–Crippen LogP) is 4.11. The normalized spacial score (nSPS) is 28.8. The van der Waals surface area contributed by atoms with E-state index in [1.807, 2.05) is 44.2 Å². The van der Waals surface area contributed by atoms with Crippen LogP contribution in [0.2, 0.25) is 0 Å². The van der Waals surface area contributed by atoms with Gasteiger partial charge in [0.05, 0.1) is 30.1 Å². The maximum Gasteiger partial charge on any atom is 0.248 e. The molecule has 2 bridgehead atoms. The maximum atomic E-state index is 14.6. The fraction of sp³-hybridized carbons (Fsp3) is 0.606. The number of amides is 3. The van der Waals surface area contributed by atoms with Gasteiger partial charge in [-0.25, -0.2) is 0 Å². The number of benzene rings is 1. The summed E-state index contributed by atoms with van der Waals surface area (Å²) in [6, 6.07) is 7.61. The third-order valence-electron chi connectivity index (χ3n) is 9.25. The average molecular weight is 566 g/mol. The zero-order chi connectivity index (χ0) is 29.8. The van der Waals surface area contributed by atoms with Crippen molar-refractivity contribution < 1.29 is 24.2 Å². The van der Waals surface area contributed by atoms with Crippen molar-refractivity contribution in [2.75, 3.05) is 32.8 Å². The van der Waals surface area contributed by atoms with Gasteiger partial charge in [-0.2, -0.15) is 0 Å². The van der Waals surface area contributed by atoms with Crippen LogP contribution in [0, 0.1) is 11.8 Å². The van der Waals surface area contributed by atoms with Crippen molar-refractivity contribution in [3.63, 3.8) is 0 Å². The average Bonchev–Trinajstić information content (AvgIpc) is 3.54. The lowest BCUT2D eigenvalue weighted by atomic mass is 9.66. The van der Waals surface area contributed by atoms with Crippen molar-refractivity contribution in [3.8, 4) is 0 Å². The summed E-state index contributed by atoms with van der Waals surface area (Å²) in [6.07, 6.45) is 8.09. The molecular weight excluding hydrogens is 518 g/mol. The second kappa shape index (κ2) is 12.9. The molecule has 0 radical (unpaired) electrons. The summed E-state index contributed by atoms with van der Waals surface area (Å²) in [7, 11) is 0. The molecule has 8 nitrogen and oxygen atoms in total. The Kier molecular flexibility index (Phi) is 9.75. The number of nitrogens with zero attached hydrogens (tertiary/aromatic N) is 3. The van der Waals surface area contributed by atoms with E-state index in [4.69, 9.17) is 4.74 Å². The molecule has 1 N–H and O–H groups in total. The van der Waals surface area contributed by atoms with Gasteiger partial charge in [0.15, 0.2) is 0 Å². The van der Waals surface area contributed by atoms with Crippen molar-refractivity contribution in [3.05, 3.63) is 61.2 Å². The molecule has 0 aromatic heterocycles. The van der Waals surface area contributed by atoms with Crippen molar-refractivity contribution in [2.45, 2.75) is 82.6 Å². The highest BCUT2D eigenvalue weighted by Gasteiger charge is 2.78. The van der Waals surface area contributed by atoms with Crippen LogP contribution in [0.5, 0.6) is 0 Å². The Morgan fingerprint density at radius 2 is 1.71 bits per heavy atom. The van der Waals surface area contributed by atoms with E-state index in [2.05, 4.69) is 20.1 Å². The van der Waals surface area contributed by atoms with Gasteiger partial charge in [0, 0.05) is 26.2 Å². The molecule has 3 saturated heterocycles. The van der Waals surface area contributed by atoms with E-state index in [9.17, 15) is 19.5 Å². The highest BCUT2D eigenvalue weighted by molar-refractivity contribution is 5.99. The Bertz CT molecular complexity index is 1130. The monoisotopic (exact) mass is 565 g/mol. The van der Waals surface area contributed by atoms with Crippen molar-refractivity contribution in [2.24, 2.45) is 11.8 Å². The lowest BCUT2D eigenvalue weighted by Crippen LogP contribution is -2.57. The lowest BCUT2D eigenvalue weighted by molar-refractivity contribution is -0.156. The minimum atomic E-state index is -1.15. The predicted molar refractivity (Wildman–Crippen MR) is 159 cm³/mol. The van der Waals surface area contributed by atoms with E-state index < -0.39 is 35.1 Å². The molecule has 3 aliphatic heterocycles. The fourth-order valence-corrected chi connectivity index (χ4v) is 7.47. The minimum absolute atomic E-state index is 0.131. The summed E-state index contributed by atoms with van der Waals surface area (Å²) >= 11 is 0. The first-order chi connectivity index (χ1) is 19.7. The van der Waals surface area contributed by atoms with Gasteiger partial charge in [-0.05, 0) is 38.2 Å². The molecule has 3 aliphatic rings. The molecule has 3 amide bonds. The molecule has 1 aromatic carbocycles. The number of carbonyl (C=O) groups is 3. The minimum Gasteiger partial charge on any atom is -0.394 e. The summed E-state index contributed by atoms with van der Waals surface area (Å²) in [4.78, 5) is 48.5. The number of rotatable bonds is 15. The zero-order valence-electron chi connectivity index (χ0n) is 25.0. The molecule has 1 spiro atoms. The first kappa shape index (κ1) is 31.0. The number of ether oxygens (including phenoxy) is 1. The topological polar surface area (TPSA) is 90.4 Å². The zero-order valence-corrected chi connectivity index (χ0v) is 25.0. The number of hydrogen-bond acceptors (Lipinski definition) is 5. The first-order valence-electron chi connectivity index (χ1n) is 15.2. The van der Waals surface area contributed by atoms with Crippen LogP contribution in [0.15, 0.2) is 55.6 Å². The maximum absolute atomic E-state index is 14.6. The molecule has 4 rings (SSSR count). The van der Waals surface area contributed by atoms with E-state index in [1.54, 1.807) is 26.9 Å². The number of hydrogen-bond donors (Lipinski definition) is 1. The molecule has 1 aromatic rings. The van der Waals surface area contributed by atoms with E-state index in [-0.39, 0.29) is 24.3 Å². The van der Waals surface area contributed by atoms with Crippen LogP contribution in [-0.4, -0.2) is 87.6 Å². The molecule has 3 fully saturated rings. The molecule has 224 valence electrons. The van der Waals surface area contributed by atoms with Gasteiger partial charge in [-0.1, -0.05) is 69.2 Å². The molecule has 0 aliphatic carbocycles. The molecule has 2 unspecified atom stereocenters. The Labute approximate surface area is 245 Å². The van der Waals surface area contributed by atoms with E-state index in [1.165, 1.54) is 0 Å². The van der Waals surface area contributed by atoms with Crippen LogP contribution in [0.1, 0.15) is 70.9 Å². The van der Waals surface area contributed by atoms with Crippen LogP contribution < -0.4 is 0 Å². The summed E-state index contributed by atoms with van der Waals surface area (Å²) in [5, 5.41) is 10.7.